The molecule has 1 aliphatic carbocycles. The molecule has 2 aliphatic rings. The van der Waals surface area contributed by atoms with Crippen molar-refractivity contribution in [2.45, 2.75) is 31.6 Å². The van der Waals surface area contributed by atoms with Crippen molar-refractivity contribution < 1.29 is 9.53 Å². The van der Waals surface area contributed by atoms with Crippen LogP contribution in [0.3, 0.4) is 0 Å². The fourth-order valence-electron chi connectivity index (χ4n) is 3.28. The number of hydrogen-bond donors (Lipinski definition) is 0. The third-order valence-electron chi connectivity index (χ3n) is 4.08. The van der Waals surface area contributed by atoms with E-state index in [2.05, 4.69) is 12.1 Å². The molecule has 1 heterocycles. The quantitative estimate of drug-likeness (QED) is 0.675. The molecule has 1 aromatic carbocycles. The van der Waals surface area contributed by atoms with Crippen molar-refractivity contribution in [1.29, 1.82) is 0 Å². The topological polar surface area (TPSA) is 26.3 Å². The van der Waals surface area contributed by atoms with Gasteiger partial charge in [-0.3, -0.25) is 4.79 Å². The number of carbonyl (C=O) groups is 1. The van der Waals surface area contributed by atoms with E-state index in [1.54, 1.807) is 0 Å². The van der Waals surface area contributed by atoms with Crippen LogP contribution in [-0.4, -0.2) is 12.6 Å². The Morgan fingerprint density at radius 1 is 1.12 bits per heavy atom. The first-order chi connectivity index (χ1) is 7.82. The minimum atomic E-state index is -0.0203. The zero-order chi connectivity index (χ0) is 11.0. The fourth-order valence-corrected chi connectivity index (χ4v) is 3.28. The predicted molar refractivity (Wildman–Crippen MR) is 61.0 cm³/mol. The van der Waals surface area contributed by atoms with E-state index in [1.165, 1.54) is 12.8 Å². The van der Waals surface area contributed by atoms with Crippen molar-refractivity contribution >= 4 is 5.97 Å². The lowest BCUT2D eigenvalue weighted by molar-refractivity contribution is -0.139. The Hall–Kier alpha value is -1.31. The summed E-state index contributed by atoms with van der Waals surface area (Å²) in [6.07, 6.45) is 4.75. The van der Waals surface area contributed by atoms with Gasteiger partial charge in [-0.05, 0) is 18.4 Å². The highest BCUT2D eigenvalue weighted by Gasteiger charge is 2.52. The van der Waals surface area contributed by atoms with Gasteiger partial charge in [-0.25, -0.2) is 0 Å². The highest BCUT2D eigenvalue weighted by Crippen LogP contribution is 2.52. The van der Waals surface area contributed by atoms with Gasteiger partial charge in [0.25, 0.3) is 0 Å². The third-order valence-corrected chi connectivity index (χ3v) is 4.08. The van der Waals surface area contributed by atoms with Crippen LogP contribution in [0.2, 0.25) is 0 Å². The SMILES string of the molecule is O=C1OCC2(CCCC2)C1c1ccccc1. The molecule has 1 atom stereocenters. The molecule has 1 spiro atoms. The molecule has 0 radical (unpaired) electrons. The van der Waals surface area contributed by atoms with Crippen molar-refractivity contribution in [1.82, 2.24) is 0 Å². The molecule has 0 bridgehead atoms. The first-order valence-electron chi connectivity index (χ1n) is 6.03. The van der Waals surface area contributed by atoms with Crippen molar-refractivity contribution in [3.63, 3.8) is 0 Å². The molecule has 3 rings (SSSR count). The summed E-state index contributed by atoms with van der Waals surface area (Å²) < 4.78 is 5.32. The molecular weight excluding hydrogens is 200 g/mol. The molecular formula is C14H16O2. The molecule has 1 saturated heterocycles. The lowest BCUT2D eigenvalue weighted by atomic mass is 9.73. The van der Waals surface area contributed by atoms with Crippen LogP contribution >= 0.6 is 0 Å². The van der Waals surface area contributed by atoms with Gasteiger partial charge < -0.3 is 4.74 Å². The zero-order valence-corrected chi connectivity index (χ0v) is 9.32. The van der Waals surface area contributed by atoms with E-state index in [0.717, 1.165) is 18.4 Å². The van der Waals surface area contributed by atoms with E-state index < -0.39 is 0 Å². The standard InChI is InChI=1S/C14H16O2/c15-13-12(11-6-2-1-3-7-11)14(10-16-13)8-4-5-9-14/h1-3,6-7,12H,4-5,8-10H2. The highest BCUT2D eigenvalue weighted by atomic mass is 16.5. The Morgan fingerprint density at radius 3 is 2.50 bits per heavy atom. The number of benzene rings is 1. The first kappa shape index (κ1) is 9.88. The number of hydrogen-bond acceptors (Lipinski definition) is 2. The van der Waals surface area contributed by atoms with E-state index in [4.69, 9.17) is 4.74 Å². The van der Waals surface area contributed by atoms with Gasteiger partial charge in [0.2, 0.25) is 0 Å². The minimum absolute atomic E-state index is 0.0174. The Morgan fingerprint density at radius 2 is 1.81 bits per heavy atom. The van der Waals surface area contributed by atoms with E-state index >= 15 is 0 Å². The predicted octanol–water partition coefficient (Wildman–Crippen LogP) is 2.89. The Bertz CT molecular complexity index is 390. The van der Waals surface area contributed by atoms with Gasteiger partial charge in [0.15, 0.2) is 0 Å². The van der Waals surface area contributed by atoms with E-state index in [-0.39, 0.29) is 17.3 Å². The molecule has 0 aromatic heterocycles. The average molecular weight is 216 g/mol. The van der Waals surface area contributed by atoms with Crippen molar-refractivity contribution in [3.8, 4) is 0 Å². The number of esters is 1. The maximum absolute atomic E-state index is 11.9. The summed E-state index contributed by atoms with van der Waals surface area (Å²) >= 11 is 0. The van der Waals surface area contributed by atoms with Crippen LogP contribution in [0.25, 0.3) is 0 Å². The second-order valence-electron chi connectivity index (χ2n) is 5.02. The van der Waals surface area contributed by atoms with Crippen LogP contribution in [0.4, 0.5) is 0 Å². The van der Waals surface area contributed by atoms with Gasteiger partial charge in [-0.15, -0.1) is 0 Å². The first-order valence-corrected chi connectivity index (χ1v) is 6.03. The van der Waals surface area contributed by atoms with Gasteiger partial charge >= 0.3 is 5.97 Å². The summed E-state index contributed by atoms with van der Waals surface area (Å²) in [5.74, 6) is -0.0377. The molecule has 1 unspecified atom stereocenters. The summed E-state index contributed by atoms with van der Waals surface area (Å²) in [6.45, 7) is 0.630. The normalized spacial score (nSPS) is 27.2. The number of rotatable bonds is 1. The molecule has 2 fully saturated rings. The number of cyclic esters (lactones) is 1. The lowest BCUT2D eigenvalue weighted by Crippen LogP contribution is -2.25. The molecule has 2 nitrogen and oxygen atoms in total. The van der Waals surface area contributed by atoms with E-state index in [0.29, 0.717) is 6.61 Å². The molecule has 0 N–H and O–H groups in total. The summed E-state index contributed by atoms with van der Waals surface area (Å²) in [4.78, 5) is 11.9. The molecule has 1 aromatic rings. The van der Waals surface area contributed by atoms with Crippen molar-refractivity contribution in [3.05, 3.63) is 35.9 Å². The van der Waals surface area contributed by atoms with Gasteiger partial charge in [-0.2, -0.15) is 0 Å². The monoisotopic (exact) mass is 216 g/mol. The summed E-state index contributed by atoms with van der Waals surface area (Å²) in [6, 6.07) is 10.1. The van der Waals surface area contributed by atoms with Gasteiger partial charge in [-0.1, -0.05) is 43.2 Å². The molecule has 16 heavy (non-hydrogen) atoms. The molecule has 1 saturated carbocycles. The summed E-state index contributed by atoms with van der Waals surface area (Å²) in [5, 5.41) is 0. The summed E-state index contributed by atoms with van der Waals surface area (Å²) in [7, 11) is 0. The maximum Gasteiger partial charge on any atom is 0.314 e. The van der Waals surface area contributed by atoms with Crippen molar-refractivity contribution in [2.75, 3.05) is 6.61 Å². The lowest BCUT2D eigenvalue weighted by Gasteiger charge is -2.26. The van der Waals surface area contributed by atoms with E-state index in [1.807, 2.05) is 18.2 Å². The second-order valence-corrected chi connectivity index (χ2v) is 5.02. The maximum atomic E-state index is 11.9. The van der Waals surface area contributed by atoms with Crippen LogP contribution in [0.5, 0.6) is 0 Å². The highest BCUT2D eigenvalue weighted by molar-refractivity contribution is 5.81. The zero-order valence-electron chi connectivity index (χ0n) is 9.32. The van der Waals surface area contributed by atoms with Crippen LogP contribution in [0.15, 0.2) is 30.3 Å². The van der Waals surface area contributed by atoms with Gasteiger partial charge in [0.05, 0.1) is 12.5 Å². The minimum Gasteiger partial charge on any atom is -0.465 e. The Labute approximate surface area is 95.6 Å². The smallest absolute Gasteiger partial charge is 0.314 e. The van der Waals surface area contributed by atoms with Crippen LogP contribution < -0.4 is 0 Å². The third kappa shape index (κ3) is 1.36. The Balaban J connectivity index is 2.00. The van der Waals surface area contributed by atoms with Gasteiger partial charge in [0.1, 0.15) is 0 Å². The molecule has 1 aliphatic heterocycles. The Kier molecular flexibility index (Phi) is 2.23. The van der Waals surface area contributed by atoms with Crippen molar-refractivity contribution in [2.24, 2.45) is 5.41 Å². The van der Waals surface area contributed by atoms with Crippen LogP contribution in [0, 0.1) is 5.41 Å². The van der Waals surface area contributed by atoms with Crippen LogP contribution in [-0.2, 0) is 9.53 Å². The number of carbonyl (C=O) groups excluding carboxylic acids is 1. The molecule has 0 amide bonds. The average Bonchev–Trinajstić information content (AvgIpc) is 2.90. The van der Waals surface area contributed by atoms with Gasteiger partial charge in [0, 0.05) is 5.41 Å². The van der Waals surface area contributed by atoms with E-state index in [9.17, 15) is 4.79 Å². The molecule has 84 valence electrons. The number of ether oxygens (including phenoxy) is 1. The second kappa shape index (κ2) is 3.62. The molecule has 2 heteroatoms. The fraction of sp³-hybridized carbons (Fsp3) is 0.500. The van der Waals surface area contributed by atoms with Crippen LogP contribution in [0.1, 0.15) is 37.2 Å². The summed E-state index contributed by atoms with van der Waals surface area (Å²) in [5.41, 5.74) is 1.24. The largest absolute Gasteiger partial charge is 0.465 e.